The molecule has 0 bridgehead atoms. The van der Waals surface area contributed by atoms with Crippen LogP contribution in [-0.2, 0) is 6.42 Å². The van der Waals surface area contributed by atoms with Crippen LogP contribution in [0.4, 0.5) is 0 Å². The fourth-order valence-corrected chi connectivity index (χ4v) is 3.07. The molecule has 2 nitrogen and oxygen atoms in total. The zero-order valence-electron chi connectivity index (χ0n) is 11.4. The molecule has 18 heavy (non-hydrogen) atoms. The average Bonchev–Trinajstić information content (AvgIpc) is 2.85. The van der Waals surface area contributed by atoms with Gasteiger partial charge in [-0.05, 0) is 23.8 Å². The summed E-state index contributed by atoms with van der Waals surface area (Å²) in [6.45, 7) is 6.73. The first-order chi connectivity index (χ1) is 8.54. The molecule has 2 atom stereocenters. The van der Waals surface area contributed by atoms with E-state index in [9.17, 15) is 0 Å². The Labute approximate surface area is 108 Å². The summed E-state index contributed by atoms with van der Waals surface area (Å²) < 4.78 is 5.94. The molecule has 96 valence electrons. The number of aryl methyl sites for hydroxylation is 1. The maximum absolute atomic E-state index is 6.50. The molecule has 2 aromatic rings. The molecular formula is C16H21NO. The Kier molecular flexibility index (Phi) is 2.53. The quantitative estimate of drug-likeness (QED) is 0.883. The third-order valence-corrected chi connectivity index (χ3v) is 4.39. The summed E-state index contributed by atoms with van der Waals surface area (Å²) in [5, 5.41) is 1.20. The van der Waals surface area contributed by atoms with Crippen LogP contribution in [-0.4, -0.2) is 0 Å². The van der Waals surface area contributed by atoms with Gasteiger partial charge in [-0.3, -0.25) is 0 Å². The second-order valence-corrected chi connectivity index (χ2v) is 6.11. The minimum Gasteiger partial charge on any atom is -0.461 e. The van der Waals surface area contributed by atoms with Crippen molar-refractivity contribution in [3.8, 4) is 0 Å². The van der Waals surface area contributed by atoms with E-state index in [1.54, 1.807) is 0 Å². The molecular weight excluding hydrogens is 222 g/mol. The van der Waals surface area contributed by atoms with Gasteiger partial charge >= 0.3 is 0 Å². The van der Waals surface area contributed by atoms with Gasteiger partial charge in [0.2, 0.25) is 0 Å². The zero-order valence-corrected chi connectivity index (χ0v) is 11.4. The minimum absolute atomic E-state index is 0.110. The summed E-state index contributed by atoms with van der Waals surface area (Å²) in [7, 11) is 0. The predicted molar refractivity (Wildman–Crippen MR) is 74.4 cm³/mol. The number of nitrogens with two attached hydrogens (primary N) is 1. The maximum Gasteiger partial charge on any atom is 0.134 e. The van der Waals surface area contributed by atoms with Gasteiger partial charge in [0.05, 0.1) is 0 Å². The summed E-state index contributed by atoms with van der Waals surface area (Å²) in [6, 6.07) is 8.34. The smallest absolute Gasteiger partial charge is 0.134 e. The van der Waals surface area contributed by atoms with Crippen LogP contribution in [0.3, 0.4) is 0 Å². The molecule has 1 aromatic heterocycles. The topological polar surface area (TPSA) is 39.2 Å². The van der Waals surface area contributed by atoms with Crippen molar-refractivity contribution >= 4 is 11.0 Å². The monoisotopic (exact) mass is 243 g/mol. The predicted octanol–water partition coefficient (Wildman–Crippen LogP) is 4.04. The second-order valence-electron chi connectivity index (χ2n) is 6.11. The van der Waals surface area contributed by atoms with Gasteiger partial charge in [-0.1, -0.05) is 39.0 Å². The van der Waals surface area contributed by atoms with Crippen molar-refractivity contribution < 1.29 is 4.42 Å². The van der Waals surface area contributed by atoms with E-state index in [0.717, 1.165) is 17.8 Å². The van der Waals surface area contributed by atoms with Crippen LogP contribution in [0.15, 0.2) is 28.7 Å². The minimum atomic E-state index is 0.110. The molecule has 1 fully saturated rings. The normalized spacial score (nSPS) is 23.2. The second kappa shape index (κ2) is 3.86. The highest BCUT2D eigenvalue weighted by molar-refractivity contribution is 5.83. The van der Waals surface area contributed by atoms with Crippen molar-refractivity contribution in [3.63, 3.8) is 0 Å². The number of furan rings is 1. The molecule has 0 spiro atoms. The average molecular weight is 243 g/mol. The molecule has 1 saturated carbocycles. The van der Waals surface area contributed by atoms with E-state index in [0.29, 0.717) is 11.3 Å². The van der Waals surface area contributed by atoms with Gasteiger partial charge in [0, 0.05) is 23.4 Å². The third kappa shape index (κ3) is 1.67. The van der Waals surface area contributed by atoms with Crippen molar-refractivity contribution in [1.29, 1.82) is 0 Å². The number of fused-ring (bicyclic) bond motifs is 1. The fraction of sp³-hybridized carbons (Fsp3) is 0.500. The Bertz CT molecular complexity index is 582. The fourth-order valence-electron chi connectivity index (χ4n) is 3.07. The van der Waals surface area contributed by atoms with Crippen LogP contribution in [0.5, 0.6) is 0 Å². The molecule has 1 aromatic carbocycles. The van der Waals surface area contributed by atoms with Crippen LogP contribution in [0.2, 0.25) is 0 Å². The first kappa shape index (κ1) is 11.8. The van der Waals surface area contributed by atoms with E-state index in [2.05, 4.69) is 32.9 Å². The molecule has 3 rings (SSSR count). The number of hydrogen-bond acceptors (Lipinski definition) is 2. The third-order valence-electron chi connectivity index (χ3n) is 4.39. The lowest BCUT2D eigenvalue weighted by molar-refractivity contribution is 0.476. The van der Waals surface area contributed by atoms with E-state index in [1.165, 1.54) is 17.4 Å². The summed E-state index contributed by atoms with van der Waals surface area (Å²) in [6.07, 6.45) is 2.13. The molecule has 0 saturated heterocycles. The molecule has 0 aliphatic heterocycles. The van der Waals surface area contributed by atoms with E-state index in [4.69, 9.17) is 10.2 Å². The molecule has 2 heteroatoms. The van der Waals surface area contributed by atoms with E-state index in [1.807, 2.05) is 12.1 Å². The standard InChI is InChI=1S/C16H21NO/c1-4-12-14(15(17)11-9-16(11,2)3)10-7-5-6-8-13(10)18-12/h5-8,11,15H,4,9,17H2,1-3H3. The van der Waals surface area contributed by atoms with Crippen LogP contribution in [0.1, 0.15) is 44.6 Å². The lowest BCUT2D eigenvalue weighted by Crippen LogP contribution is -2.16. The maximum atomic E-state index is 6.50. The van der Waals surface area contributed by atoms with Crippen molar-refractivity contribution in [2.75, 3.05) is 0 Å². The summed E-state index contributed by atoms with van der Waals surface area (Å²) >= 11 is 0. The largest absolute Gasteiger partial charge is 0.461 e. The Morgan fingerprint density at radius 1 is 1.39 bits per heavy atom. The molecule has 2 N–H and O–H groups in total. The SMILES string of the molecule is CCc1oc2ccccc2c1C(N)C1CC1(C)C. The molecule has 2 unspecified atom stereocenters. The Morgan fingerprint density at radius 2 is 2.06 bits per heavy atom. The lowest BCUT2D eigenvalue weighted by atomic mass is 9.95. The Balaban J connectivity index is 2.09. The van der Waals surface area contributed by atoms with Gasteiger partial charge < -0.3 is 10.2 Å². The number of hydrogen-bond donors (Lipinski definition) is 1. The number of para-hydroxylation sites is 1. The van der Waals surface area contributed by atoms with Crippen LogP contribution in [0.25, 0.3) is 11.0 Å². The van der Waals surface area contributed by atoms with Crippen molar-refractivity contribution in [1.82, 2.24) is 0 Å². The first-order valence-electron chi connectivity index (χ1n) is 6.80. The molecule has 1 aliphatic rings. The van der Waals surface area contributed by atoms with Gasteiger partial charge in [0.1, 0.15) is 11.3 Å². The molecule has 1 aliphatic carbocycles. The van der Waals surface area contributed by atoms with Gasteiger partial charge in [-0.15, -0.1) is 0 Å². The first-order valence-corrected chi connectivity index (χ1v) is 6.80. The van der Waals surface area contributed by atoms with E-state index >= 15 is 0 Å². The molecule has 1 heterocycles. The van der Waals surface area contributed by atoms with Gasteiger partial charge in [-0.25, -0.2) is 0 Å². The molecule has 0 amide bonds. The summed E-state index contributed by atoms with van der Waals surface area (Å²) in [4.78, 5) is 0. The van der Waals surface area contributed by atoms with Crippen molar-refractivity contribution in [2.45, 2.75) is 39.7 Å². The molecule has 0 radical (unpaired) electrons. The summed E-state index contributed by atoms with van der Waals surface area (Å²) in [5.41, 5.74) is 9.10. The van der Waals surface area contributed by atoms with Crippen molar-refractivity contribution in [2.24, 2.45) is 17.1 Å². The lowest BCUT2D eigenvalue weighted by Gasteiger charge is -2.14. The Morgan fingerprint density at radius 3 is 2.67 bits per heavy atom. The van der Waals surface area contributed by atoms with Crippen LogP contribution >= 0.6 is 0 Å². The highest BCUT2D eigenvalue weighted by Gasteiger charge is 2.50. The van der Waals surface area contributed by atoms with Crippen LogP contribution < -0.4 is 5.73 Å². The zero-order chi connectivity index (χ0) is 12.9. The van der Waals surface area contributed by atoms with Crippen molar-refractivity contribution in [3.05, 3.63) is 35.6 Å². The van der Waals surface area contributed by atoms with Crippen LogP contribution in [0, 0.1) is 11.3 Å². The van der Waals surface area contributed by atoms with E-state index in [-0.39, 0.29) is 6.04 Å². The summed E-state index contributed by atoms with van der Waals surface area (Å²) in [5.74, 6) is 1.65. The van der Waals surface area contributed by atoms with E-state index < -0.39 is 0 Å². The van der Waals surface area contributed by atoms with Gasteiger partial charge in [0.15, 0.2) is 0 Å². The highest BCUT2D eigenvalue weighted by Crippen LogP contribution is 2.58. The van der Waals surface area contributed by atoms with Gasteiger partial charge in [0.25, 0.3) is 0 Å². The number of rotatable bonds is 3. The number of benzene rings is 1. The highest BCUT2D eigenvalue weighted by atomic mass is 16.3. The van der Waals surface area contributed by atoms with Gasteiger partial charge in [-0.2, -0.15) is 0 Å². The Hall–Kier alpha value is -1.28.